The quantitative estimate of drug-likeness (QED) is 0.682. The average molecular weight is 446 g/mol. The molecule has 1 N–H and O–H groups in total. The monoisotopic (exact) mass is 445 g/mol. The molecule has 1 aromatic heterocycles. The number of anilines is 1. The fourth-order valence-electron chi connectivity index (χ4n) is 2.47. The third-order valence-electron chi connectivity index (χ3n) is 4.04. The summed E-state index contributed by atoms with van der Waals surface area (Å²) in [5, 5.41) is 11.3. The van der Waals surface area contributed by atoms with Crippen molar-refractivity contribution >= 4 is 33.0 Å². The van der Waals surface area contributed by atoms with Gasteiger partial charge in [0.25, 0.3) is 0 Å². The first-order valence-electron chi connectivity index (χ1n) is 8.21. The van der Waals surface area contributed by atoms with E-state index in [1.807, 2.05) is 0 Å². The zero-order valence-electron chi connectivity index (χ0n) is 15.0. The number of nitrogens with zero attached hydrogens (tertiary/aromatic N) is 2. The Hall–Kier alpha value is -2.64. The molecule has 0 aliphatic carbocycles. The van der Waals surface area contributed by atoms with E-state index in [0.717, 1.165) is 12.1 Å². The number of carbonyl (C=O) groups excluding carboxylic acids is 1. The van der Waals surface area contributed by atoms with E-state index in [2.05, 4.69) is 10.3 Å². The summed E-state index contributed by atoms with van der Waals surface area (Å²) in [7, 11) is -3.60. The fraction of sp³-hybridized carbons (Fsp3) is 0.278. The molecule has 2 rings (SSSR count). The molecular formula is C18H15ClF3N3O3S. The summed E-state index contributed by atoms with van der Waals surface area (Å²) in [6.07, 6.45) is -3.56. The number of benzene rings is 1. The van der Waals surface area contributed by atoms with Gasteiger partial charge in [-0.25, -0.2) is 13.4 Å². The van der Waals surface area contributed by atoms with Crippen LogP contribution in [0.5, 0.6) is 0 Å². The highest BCUT2D eigenvalue weighted by Gasteiger charge is 2.34. The molecule has 0 radical (unpaired) electrons. The number of nitriles is 1. The van der Waals surface area contributed by atoms with E-state index in [-0.39, 0.29) is 22.2 Å². The predicted molar refractivity (Wildman–Crippen MR) is 101 cm³/mol. The number of halogens is 4. The molecule has 0 fully saturated rings. The molecule has 0 bridgehead atoms. The van der Waals surface area contributed by atoms with Gasteiger partial charge in [0.15, 0.2) is 9.84 Å². The van der Waals surface area contributed by atoms with Crippen LogP contribution in [-0.2, 0) is 20.8 Å². The third kappa shape index (κ3) is 5.92. The lowest BCUT2D eigenvalue weighted by molar-refractivity contribution is -0.137. The van der Waals surface area contributed by atoms with Gasteiger partial charge in [-0.3, -0.25) is 4.79 Å². The van der Waals surface area contributed by atoms with Crippen molar-refractivity contribution in [1.29, 1.82) is 5.26 Å². The number of alkyl halides is 3. The standard InChI is InChI=1S/C18H15ClF3N3O3S/c1-2-29(27,28)10-14(12-4-6-16(19)24-9-12)17(26)25-13-5-3-11(8-23)15(7-13)18(20,21)22/h3-7,9,14H,2,10H2,1H3,(H,25,26). The normalized spacial score (nSPS) is 12.8. The highest BCUT2D eigenvalue weighted by atomic mass is 35.5. The Morgan fingerprint density at radius 3 is 2.52 bits per heavy atom. The molecule has 154 valence electrons. The summed E-state index contributed by atoms with van der Waals surface area (Å²) in [6, 6.07) is 6.93. The van der Waals surface area contributed by atoms with Gasteiger partial charge < -0.3 is 5.32 Å². The first-order chi connectivity index (χ1) is 13.5. The van der Waals surface area contributed by atoms with E-state index >= 15 is 0 Å². The Kier molecular flexibility index (Phi) is 6.87. The number of aromatic nitrogens is 1. The molecule has 0 spiro atoms. The van der Waals surface area contributed by atoms with Crippen molar-refractivity contribution in [2.24, 2.45) is 0 Å². The summed E-state index contributed by atoms with van der Waals surface area (Å²) >= 11 is 5.71. The lowest BCUT2D eigenvalue weighted by Gasteiger charge is -2.18. The molecule has 1 unspecified atom stereocenters. The maximum absolute atomic E-state index is 13.1. The zero-order chi connectivity index (χ0) is 21.8. The number of nitrogens with one attached hydrogen (secondary N) is 1. The minimum absolute atomic E-state index is 0.133. The molecule has 0 aliphatic heterocycles. The second-order valence-corrected chi connectivity index (χ2v) is 8.81. The second-order valence-electron chi connectivity index (χ2n) is 6.02. The van der Waals surface area contributed by atoms with Crippen LogP contribution in [0.4, 0.5) is 18.9 Å². The van der Waals surface area contributed by atoms with Crippen LogP contribution in [0.15, 0.2) is 36.5 Å². The van der Waals surface area contributed by atoms with Crippen LogP contribution < -0.4 is 5.32 Å². The number of pyridine rings is 1. The summed E-state index contributed by atoms with van der Waals surface area (Å²) in [5.41, 5.74) is -1.78. The van der Waals surface area contributed by atoms with E-state index in [4.69, 9.17) is 16.9 Å². The van der Waals surface area contributed by atoms with E-state index in [0.29, 0.717) is 6.07 Å². The number of sulfone groups is 1. The van der Waals surface area contributed by atoms with Gasteiger partial charge in [-0.1, -0.05) is 24.6 Å². The minimum atomic E-state index is -4.79. The number of hydrogen-bond acceptors (Lipinski definition) is 5. The SMILES string of the molecule is CCS(=O)(=O)CC(C(=O)Nc1ccc(C#N)c(C(F)(F)F)c1)c1ccc(Cl)nc1. The first kappa shape index (κ1) is 22.6. The summed E-state index contributed by atoms with van der Waals surface area (Å²) in [4.78, 5) is 16.5. The molecule has 6 nitrogen and oxygen atoms in total. The van der Waals surface area contributed by atoms with Crippen LogP contribution in [0.1, 0.15) is 29.5 Å². The highest BCUT2D eigenvalue weighted by molar-refractivity contribution is 7.91. The van der Waals surface area contributed by atoms with Gasteiger partial charge in [-0.2, -0.15) is 18.4 Å². The molecule has 0 aliphatic rings. The van der Waals surface area contributed by atoms with Crippen molar-refractivity contribution in [2.45, 2.75) is 19.0 Å². The summed E-state index contributed by atoms with van der Waals surface area (Å²) < 4.78 is 63.5. The molecule has 0 saturated carbocycles. The number of hydrogen-bond donors (Lipinski definition) is 1. The molecule has 29 heavy (non-hydrogen) atoms. The van der Waals surface area contributed by atoms with Crippen molar-refractivity contribution in [2.75, 3.05) is 16.8 Å². The Morgan fingerprint density at radius 2 is 2.00 bits per heavy atom. The van der Waals surface area contributed by atoms with E-state index in [1.165, 1.54) is 31.3 Å². The summed E-state index contributed by atoms with van der Waals surface area (Å²) in [6.45, 7) is 1.42. The average Bonchev–Trinajstić information content (AvgIpc) is 2.66. The molecule has 11 heteroatoms. The highest BCUT2D eigenvalue weighted by Crippen LogP contribution is 2.34. The Labute approximate surface area is 170 Å². The fourth-order valence-corrected chi connectivity index (χ4v) is 3.67. The van der Waals surface area contributed by atoms with Crippen LogP contribution in [0.3, 0.4) is 0 Å². The van der Waals surface area contributed by atoms with Gasteiger partial charge in [0, 0.05) is 17.6 Å². The van der Waals surface area contributed by atoms with Crippen LogP contribution >= 0.6 is 11.6 Å². The molecule has 1 amide bonds. The van der Waals surface area contributed by atoms with Crippen molar-refractivity contribution in [3.63, 3.8) is 0 Å². The van der Waals surface area contributed by atoms with Crippen molar-refractivity contribution in [3.05, 3.63) is 58.4 Å². The number of carbonyl (C=O) groups is 1. The molecule has 0 saturated heterocycles. The molecule has 2 aromatic rings. The number of amides is 1. The first-order valence-corrected chi connectivity index (χ1v) is 10.4. The van der Waals surface area contributed by atoms with E-state index in [9.17, 15) is 26.4 Å². The van der Waals surface area contributed by atoms with Gasteiger partial charge in [-0.15, -0.1) is 0 Å². The Balaban J connectivity index is 2.40. The molecular weight excluding hydrogens is 431 g/mol. The van der Waals surface area contributed by atoms with Gasteiger partial charge in [0.2, 0.25) is 5.91 Å². The Morgan fingerprint density at radius 1 is 1.31 bits per heavy atom. The van der Waals surface area contributed by atoms with Gasteiger partial charge in [-0.05, 0) is 29.8 Å². The minimum Gasteiger partial charge on any atom is -0.326 e. The van der Waals surface area contributed by atoms with E-state index < -0.39 is 44.7 Å². The largest absolute Gasteiger partial charge is 0.417 e. The van der Waals surface area contributed by atoms with Crippen LogP contribution in [-0.4, -0.2) is 30.8 Å². The zero-order valence-corrected chi connectivity index (χ0v) is 16.6. The van der Waals surface area contributed by atoms with Crippen LogP contribution in [0.2, 0.25) is 5.15 Å². The third-order valence-corrected chi connectivity index (χ3v) is 5.99. The van der Waals surface area contributed by atoms with Crippen molar-refractivity contribution in [1.82, 2.24) is 4.98 Å². The van der Waals surface area contributed by atoms with Crippen molar-refractivity contribution < 1.29 is 26.4 Å². The van der Waals surface area contributed by atoms with E-state index in [1.54, 1.807) is 0 Å². The lowest BCUT2D eigenvalue weighted by Crippen LogP contribution is -2.28. The van der Waals surface area contributed by atoms with Crippen LogP contribution in [0, 0.1) is 11.3 Å². The maximum Gasteiger partial charge on any atom is 0.417 e. The topological polar surface area (TPSA) is 99.9 Å². The van der Waals surface area contributed by atoms with Crippen LogP contribution in [0.25, 0.3) is 0 Å². The lowest BCUT2D eigenvalue weighted by atomic mass is 10.0. The summed E-state index contributed by atoms with van der Waals surface area (Å²) in [5.74, 6) is -2.81. The predicted octanol–water partition coefficient (Wildman–Crippen LogP) is 3.78. The molecule has 1 heterocycles. The molecule has 1 aromatic carbocycles. The molecule has 1 atom stereocenters. The Bertz CT molecular complexity index is 1050. The number of rotatable bonds is 6. The second kappa shape index (κ2) is 8.80. The van der Waals surface area contributed by atoms with Gasteiger partial charge >= 0.3 is 6.18 Å². The van der Waals surface area contributed by atoms with Crippen molar-refractivity contribution in [3.8, 4) is 6.07 Å². The smallest absolute Gasteiger partial charge is 0.326 e. The maximum atomic E-state index is 13.1. The van der Waals surface area contributed by atoms with Gasteiger partial charge in [0.05, 0.1) is 28.9 Å². The van der Waals surface area contributed by atoms with Gasteiger partial charge in [0.1, 0.15) is 5.15 Å².